The Kier molecular flexibility index (Phi) is 15.4. The van der Waals surface area contributed by atoms with Crippen LogP contribution in [0.4, 0.5) is 0 Å². The molecule has 0 aliphatic carbocycles. The number of carboxylic acid groups (broad SMARTS) is 2. The molecule has 0 aromatic carbocycles. The zero-order valence-electron chi connectivity index (χ0n) is 27.6. The summed E-state index contributed by atoms with van der Waals surface area (Å²) in [5.41, 5.74) is -0.508. The van der Waals surface area contributed by atoms with Crippen molar-refractivity contribution in [2.45, 2.75) is 143 Å². The Morgan fingerprint density at radius 3 is 1.02 bits per heavy atom. The number of ether oxygens (including phenoxy) is 2. The number of nitrogens with zero attached hydrogens (tertiary/aromatic N) is 2. The number of piperidine rings is 2. The molecule has 0 atom stereocenters. The molecule has 0 bridgehead atoms. The van der Waals surface area contributed by atoms with Crippen molar-refractivity contribution in [1.82, 2.24) is 10.1 Å². The number of hydrogen-bond donors (Lipinski definition) is 2. The van der Waals surface area contributed by atoms with Crippen molar-refractivity contribution in [3.63, 3.8) is 0 Å². The summed E-state index contributed by atoms with van der Waals surface area (Å²) in [5.74, 6) is -2.92. The maximum absolute atomic E-state index is 11.1. The highest BCUT2D eigenvalue weighted by Gasteiger charge is 2.48. The van der Waals surface area contributed by atoms with Crippen molar-refractivity contribution in [2.75, 3.05) is 13.2 Å². The molecular weight excluding hydrogens is 548 g/mol. The molecule has 0 amide bonds. The largest absolute Gasteiger partial charge is 0.478 e. The third-order valence-electron chi connectivity index (χ3n) is 6.66. The van der Waals surface area contributed by atoms with Gasteiger partial charge in [0.25, 0.3) is 0 Å². The number of hydrogen-bond acceptors (Lipinski definition) is 10. The standard InChI is InChI=1S/2C13H25NO3.C4H4O4/c2*1-7-16-14-12(3,4)8-11(17-10(2)15)9-13(14,5)6;5-3(6)1-2-4(7)8/h2*11H,7-9H2,1-6H3;1-2H,(H,5,6)(H,7,8)/b;;2-1-. The summed E-state index contributed by atoms with van der Waals surface area (Å²) in [4.78, 5) is 52.8. The van der Waals surface area contributed by atoms with E-state index in [1.165, 1.54) is 13.8 Å². The first kappa shape index (κ1) is 39.5. The van der Waals surface area contributed by atoms with Crippen molar-refractivity contribution in [2.24, 2.45) is 0 Å². The van der Waals surface area contributed by atoms with E-state index >= 15 is 0 Å². The fraction of sp³-hybridized carbons (Fsp3) is 0.800. The second-order valence-corrected chi connectivity index (χ2v) is 13.0. The van der Waals surface area contributed by atoms with Gasteiger partial charge in [-0.05, 0) is 69.2 Å². The molecule has 2 N–H and O–H groups in total. The minimum absolute atomic E-state index is 0.0193. The van der Waals surface area contributed by atoms with Crippen molar-refractivity contribution >= 4 is 23.9 Å². The Bertz CT molecular complexity index is 832. The predicted octanol–water partition coefficient (Wildman–Crippen LogP) is 4.76. The van der Waals surface area contributed by atoms with Crippen LogP contribution in [0.3, 0.4) is 0 Å². The summed E-state index contributed by atoms with van der Waals surface area (Å²) in [6, 6.07) is 0. The van der Waals surface area contributed by atoms with E-state index in [0.717, 1.165) is 25.7 Å². The lowest BCUT2D eigenvalue weighted by atomic mass is 9.80. The lowest BCUT2D eigenvalue weighted by Gasteiger charge is -2.53. The van der Waals surface area contributed by atoms with E-state index < -0.39 is 11.9 Å². The molecule has 2 aliphatic heterocycles. The number of aliphatic carboxylic acids is 2. The highest BCUT2D eigenvalue weighted by atomic mass is 16.7. The van der Waals surface area contributed by atoms with Crippen LogP contribution >= 0.6 is 0 Å². The van der Waals surface area contributed by atoms with Crippen LogP contribution in [0.25, 0.3) is 0 Å². The Morgan fingerprint density at radius 1 is 0.619 bits per heavy atom. The quantitative estimate of drug-likeness (QED) is 0.291. The van der Waals surface area contributed by atoms with Gasteiger partial charge in [0.15, 0.2) is 0 Å². The molecule has 2 aliphatic rings. The van der Waals surface area contributed by atoms with E-state index in [1.54, 1.807) is 0 Å². The zero-order chi connectivity index (χ0) is 33.1. The third kappa shape index (κ3) is 13.6. The van der Waals surface area contributed by atoms with Gasteiger partial charge in [0.2, 0.25) is 0 Å². The first-order chi connectivity index (χ1) is 19.0. The van der Waals surface area contributed by atoms with E-state index in [1.807, 2.05) is 13.8 Å². The number of rotatable bonds is 8. The fourth-order valence-corrected chi connectivity index (χ4v) is 6.08. The van der Waals surface area contributed by atoms with Crippen LogP contribution in [0.1, 0.15) is 109 Å². The molecule has 0 saturated carbocycles. The molecule has 244 valence electrons. The summed E-state index contributed by atoms with van der Waals surface area (Å²) in [7, 11) is 0. The van der Waals surface area contributed by atoms with Crippen LogP contribution in [0, 0.1) is 0 Å². The smallest absolute Gasteiger partial charge is 0.328 e. The molecule has 2 fully saturated rings. The predicted molar refractivity (Wildman–Crippen MR) is 157 cm³/mol. The van der Waals surface area contributed by atoms with Gasteiger partial charge in [0.05, 0.1) is 13.2 Å². The molecule has 2 rings (SSSR count). The van der Waals surface area contributed by atoms with Crippen molar-refractivity contribution in [3.05, 3.63) is 12.2 Å². The Morgan fingerprint density at radius 2 is 0.857 bits per heavy atom. The number of esters is 2. The third-order valence-corrected chi connectivity index (χ3v) is 6.66. The number of carbonyl (C=O) groups excluding carboxylic acids is 2. The summed E-state index contributed by atoms with van der Waals surface area (Å²) in [6.45, 7) is 25.2. The zero-order valence-corrected chi connectivity index (χ0v) is 27.6. The molecule has 0 aromatic heterocycles. The van der Waals surface area contributed by atoms with Gasteiger partial charge in [0, 0.05) is 73.8 Å². The van der Waals surface area contributed by atoms with Gasteiger partial charge in [-0.1, -0.05) is 0 Å². The first-order valence-corrected chi connectivity index (χ1v) is 14.4. The van der Waals surface area contributed by atoms with Gasteiger partial charge in [-0.15, -0.1) is 0 Å². The summed E-state index contributed by atoms with van der Waals surface area (Å²) < 4.78 is 10.7. The van der Waals surface area contributed by atoms with Crippen LogP contribution < -0.4 is 0 Å². The minimum atomic E-state index is -1.26. The molecule has 0 spiro atoms. The van der Waals surface area contributed by atoms with Gasteiger partial charge in [-0.3, -0.25) is 19.3 Å². The monoisotopic (exact) mass is 602 g/mol. The van der Waals surface area contributed by atoms with Crippen LogP contribution in [0.5, 0.6) is 0 Å². The highest BCUT2D eigenvalue weighted by molar-refractivity contribution is 5.89. The van der Waals surface area contributed by atoms with Crippen molar-refractivity contribution in [3.8, 4) is 0 Å². The van der Waals surface area contributed by atoms with Gasteiger partial charge in [-0.2, -0.15) is 10.1 Å². The van der Waals surface area contributed by atoms with Gasteiger partial charge in [0.1, 0.15) is 12.2 Å². The molecule has 0 unspecified atom stereocenters. The van der Waals surface area contributed by atoms with E-state index in [-0.39, 0.29) is 46.3 Å². The summed E-state index contributed by atoms with van der Waals surface area (Å²) >= 11 is 0. The molecule has 0 radical (unpaired) electrons. The van der Waals surface area contributed by atoms with Crippen LogP contribution in [-0.2, 0) is 38.3 Å². The highest BCUT2D eigenvalue weighted by Crippen LogP contribution is 2.40. The summed E-state index contributed by atoms with van der Waals surface area (Å²) in [5, 5.41) is 19.7. The number of carbonyl (C=O) groups is 4. The molecule has 2 saturated heterocycles. The average molecular weight is 603 g/mol. The SMILES string of the molecule is CCON1C(C)(C)CC(OC(C)=O)CC1(C)C.CCON1C(C)(C)CC(OC(C)=O)CC1(C)C.O=C(O)/C=C\C(=O)O. The Balaban J connectivity index is 0.000000642. The van der Waals surface area contributed by atoms with E-state index in [9.17, 15) is 19.2 Å². The van der Waals surface area contributed by atoms with Crippen LogP contribution in [0.15, 0.2) is 12.2 Å². The van der Waals surface area contributed by atoms with E-state index in [2.05, 4.69) is 65.5 Å². The lowest BCUT2D eigenvalue weighted by Crippen LogP contribution is -2.62. The molecular formula is C30H54N2O10. The molecule has 12 nitrogen and oxygen atoms in total. The Labute approximate surface area is 251 Å². The molecule has 0 aromatic rings. The second-order valence-electron chi connectivity index (χ2n) is 13.0. The number of hydroxylamine groups is 4. The summed E-state index contributed by atoms with van der Waals surface area (Å²) in [6.07, 6.45) is 4.28. The average Bonchev–Trinajstić information content (AvgIpc) is 2.76. The first-order valence-electron chi connectivity index (χ1n) is 14.4. The van der Waals surface area contributed by atoms with Gasteiger partial charge < -0.3 is 19.7 Å². The normalized spacial score (nSPS) is 21.7. The number of carboxylic acids is 2. The Hall–Kier alpha value is -2.54. The minimum Gasteiger partial charge on any atom is -0.478 e. The maximum atomic E-state index is 11.1. The maximum Gasteiger partial charge on any atom is 0.328 e. The van der Waals surface area contributed by atoms with E-state index in [0.29, 0.717) is 25.4 Å². The molecule has 12 heteroatoms. The van der Waals surface area contributed by atoms with Crippen molar-refractivity contribution in [1.29, 1.82) is 0 Å². The van der Waals surface area contributed by atoms with Crippen LogP contribution in [0.2, 0.25) is 0 Å². The molecule has 42 heavy (non-hydrogen) atoms. The van der Waals surface area contributed by atoms with Gasteiger partial charge in [-0.25, -0.2) is 9.59 Å². The van der Waals surface area contributed by atoms with Crippen molar-refractivity contribution < 1.29 is 48.5 Å². The second kappa shape index (κ2) is 16.3. The fourth-order valence-electron chi connectivity index (χ4n) is 6.08. The topological polar surface area (TPSA) is 152 Å². The van der Waals surface area contributed by atoms with E-state index in [4.69, 9.17) is 29.4 Å². The molecule has 2 heterocycles. The lowest BCUT2D eigenvalue weighted by molar-refractivity contribution is -0.290. The van der Waals surface area contributed by atoms with Gasteiger partial charge >= 0.3 is 23.9 Å². The van der Waals surface area contributed by atoms with Crippen LogP contribution in [-0.4, -0.2) is 91.8 Å².